The molecule has 0 amide bonds. The van der Waals surface area contributed by atoms with Crippen molar-refractivity contribution in [2.24, 2.45) is 5.92 Å². The molecule has 13 heavy (non-hydrogen) atoms. The average molecular weight is 185 g/mol. The zero-order valence-electron chi connectivity index (χ0n) is 8.58. The van der Waals surface area contributed by atoms with Gasteiger partial charge >= 0.3 is 0 Å². The molecule has 0 aromatic rings. The Morgan fingerprint density at radius 3 is 2.46 bits per heavy atom. The largest absolute Gasteiger partial charge is 0.393 e. The van der Waals surface area contributed by atoms with Gasteiger partial charge in [-0.2, -0.15) is 0 Å². The zero-order valence-corrected chi connectivity index (χ0v) is 8.58. The average Bonchev–Trinajstić information content (AvgIpc) is 2.02. The SMILES string of the molecule is C=CCC(NC)C(C(C)=O)C(C)O. The first-order valence-corrected chi connectivity index (χ1v) is 4.51. The lowest BCUT2D eigenvalue weighted by Crippen LogP contribution is -2.42. The highest BCUT2D eigenvalue weighted by atomic mass is 16.3. The van der Waals surface area contributed by atoms with E-state index < -0.39 is 6.10 Å². The second kappa shape index (κ2) is 5.89. The van der Waals surface area contributed by atoms with Crippen molar-refractivity contribution in [3.05, 3.63) is 12.7 Å². The van der Waals surface area contributed by atoms with Gasteiger partial charge in [0, 0.05) is 6.04 Å². The Morgan fingerprint density at radius 2 is 2.23 bits per heavy atom. The molecule has 0 aromatic heterocycles. The van der Waals surface area contributed by atoms with Gasteiger partial charge in [-0.05, 0) is 27.3 Å². The standard InChI is InChI=1S/C10H19NO2/c1-5-6-9(11-4)10(7(2)12)8(3)13/h5,7,9-12H,1,6H2,2-4H3. The Labute approximate surface area is 79.8 Å². The van der Waals surface area contributed by atoms with Gasteiger partial charge in [0.25, 0.3) is 0 Å². The summed E-state index contributed by atoms with van der Waals surface area (Å²) in [6.07, 6.45) is 1.82. The van der Waals surface area contributed by atoms with Gasteiger partial charge in [0.05, 0.1) is 12.0 Å². The number of ketones is 1. The molecule has 0 spiro atoms. The van der Waals surface area contributed by atoms with Gasteiger partial charge in [-0.3, -0.25) is 4.79 Å². The predicted molar refractivity (Wildman–Crippen MR) is 53.5 cm³/mol. The molecule has 0 rings (SSSR count). The van der Waals surface area contributed by atoms with Crippen LogP contribution in [0, 0.1) is 5.92 Å². The molecule has 0 saturated carbocycles. The summed E-state index contributed by atoms with van der Waals surface area (Å²) in [4.78, 5) is 11.2. The molecule has 76 valence electrons. The first kappa shape index (κ1) is 12.3. The normalized spacial score (nSPS) is 17.5. The van der Waals surface area contributed by atoms with Crippen LogP contribution in [0.25, 0.3) is 0 Å². The Kier molecular flexibility index (Phi) is 5.58. The topological polar surface area (TPSA) is 49.3 Å². The number of hydrogen-bond acceptors (Lipinski definition) is 3. The van der Waals surface area contributed by atoms with E-state index in [0.29, 0.717) is 6.42 Å². The molecule has 3 nitrogen and oxygen atoms in total. The first-order chi connectivity index (χ1) is 6.04. The number of rotatable bonds is 6. The highest BCUT2D eigenvalue weighted by Gasteiger charge is 2.27. The van der Waals surface area contributed by atoms with Crippen molar-refractivity contribution in [1.29, 1.82) is 0 Å². The summed E-state index contributed by atoms with van der Waals surface area (Å²) >= 11 is 0. The Balaban J connectivity index is 4.47. The molecule has 0 radical (unpaired) electrons. The number of aliphatic hydroxyl groups excluding tert-OH is 1. The van der Waals surface area contributed by atoms with Gasteiger partial charge < -0.3 is 10.4 Å². The van der Waals surface area contributed by atoms with Crippen LogP contribution in [0.5, 0.6) is 0 Å². The van der Waals surface area contributed by atoms with Crippen LogP contribution in [-0.2, 0) is 4.79 Å². The number of carbonyl (C=O) groups is 1. The summed E-state index contributed by atoms with van der Waals surface area (Å²) in [5.74, 6) is -0.334. The van der Waals surface area contributed by atoms with Crippen molar-refractivity contribution in [2.75, 3.05) is 7.05 Å². The van der Waals surface area contributed by atoms with Crippen LogP contribution in [0.4, 0.5) is 0 Å². The molecule has 3 heteroatoms. The smallest absolute Gasteiger partial charge is 0.137 e. The van der Waals surface area contributed by atoms with Gasteiger partial charge in [-0.1, -0.05) is 6.08 Å². The molecule has 3 atom stereocenters. The maximum atomic E-state index is 11.2. The lowest BCUT2D eigenvalue weighted by molar-refractivity contribution is -0.125. The van der Waals surface area contributed by atoms with Crippen molar-refractivity contribution >= 4 is 5.78 Å². The van der Waals surface area contributed by atoms with E-state index in [-0.39, 0.29) is 17.7 Å². The summed E-state index contributed by atoms with van der Waals surface area (Å²) in [6, 6.07) is -0.0185. The molecular formula is C10H19NO2. The molecule has 0 bridgehead atoms. The van der Waals surface area contributed by atoms with E-state index >= 15 is 0 Å². The molecule has 0 heterocycles. The molecule has 2 N–H and O–H groups in total. The minimum Gasteiger partial charge on any atom is -0.393 e. The third-order valence-corrected chi connectivity index (χ3v) is 2.21. The molecule has 0 aromatic carbocycles. The maximum absolute atomic E-state index is 11.2. The highest BCUT2D eigenvalue weighted by molar-refractivity contribution is 5.79. The van der Waals surface area contributed by atoms with Crippen molar-refractivity contribution in [2.45, 2.75) is 32.4 Å². The highest BCUT2D eigenvalue weighted by Crippen LogP contribution is 2.14. The Bertz CT molecular complexity index is 178. The summed E-state index contributed by atoms with van der Waals surface area (Å²) in [5, 5.41) is 12.4. The molecule has 0 aliphatic carbocycles. The van der Waals surface area contributed by atoms with Crippen molar-refractivity contribution < 1.29 is 9.90 Å². The van der Waals surface area contributed by atoms with E-state index in [0.717, 1.165) is 0 Å². The fraction of sp³-hybridized carbons (Fsp3) is 0.700. The van der Waals surface area contributed by atoms with Gasteiger partial charge in [-0.25, -0.2) is 0 Å². The fourth-order valence-corrected chi connectivity index (χ4v) is 1.58. The molecule has 3 unspecified atom stereocenters. The minimum atomic E-state index is -0.616. The number of carbonyl (C=O) groups excluding carboxylic acids is 1. The van der Waals surface area contributed by atoms with Crippen molar-refractivity contribution in [3.8, 4) is 0 Å². The quantitative estimate of drug-likeness (QED) is 0.600. The maximum Gasteiger partial charge on any atom is 0.137 e. The zero-order chi connectivity index (χ0) is 10.4. The minimum absolute atomic E-state index is 0.0104. The lowest BCUT2D eigenvalue weighted by Gasteiger charge is -2.25. The van der Waals surface area contributed by atoms with E-state index in [1.165, 1.54) is 6.92 Å². The van der Waals surface area contributed by atoms with E-state index in [9.17, 15) is 9.90 Å². The summed E-state index contributed by atoms with van der Waals surface area (Å²) in [7, 11) is 1.78. The Morgan fingerprint density at radius 1 is 1.69 bits per heavy atom. The lowest BCUT2D eigenvalue weighted by atomic mass is 9.89. The Hall–Kier alpha value is -0.670. The van der Waals surface area contributed by atoms with Crippen LogP contribution in [0.15, 0.2) is 12.7 Å². The van der Waals surface area contributed by atoms with Crippen LogP contribution in [0.2, 0.25) is 0 Å². The van der Waals surface area contributed by atoms with Crippen LogP contribution in [0.3, 0.4) is 0 Å². The van der Waals surface area contributed by atoms with E-state index in [1.807, 2.05) is 0 Å². The summed E-state index contributed by atoms with van der Waals surface area (Å²) < 4.78 is 0. The number of aliphatic hydroxyl groups is 1. The fourth-order valence-electron chi connectivity index (χ4n) is 1.58. The van der Waals surface area contributed by atoms with Gasteiger partial charge in [-0.15, -0.1) is 6.58 Å². The third kappa shape index (κ3) is 3.70. The van der Waals surface area contributed by atoms with E-state index in [4.69, 9.17) is 0 Å². The number of Topliss-reactive ketones (excluding diaryl/α,β-unsaturated/α-hetero) is 1. The number of nitrogens with one attached hydrogen (secondary N) is 1. The summed E-state index contributed by atoms with van der Waals surface area (Å²) in [6.45, 7) is 6.76. The molecule has 0 saturated heterocycles. The third-order valence-electron chi connectivity index (χ3n) is 2.21. The van der Waals surface area contributed by atoms with Gasteiger partial charge in [0.15, 0.2) is 0 Å². The van der Waals surface area contributed by atoms with E-state index in [1.54, 1.807) is 20.0 Å². The van der Waals surface area contributed by atoms with Crippen LogP contribution < -0.4 is 5.32 Å². The van der Waals surface area contributed by atoms with Crippen LogP contribution >= 0.6 is 0 Å². The monoisotopic (exact) mass is 185 g/mol. The van der Waals surface area contributed by atoms with Crippen LogP contribution in [0.1, 0.15) is 20.3 Å². The first-order valence-electron chi connectivity index (χ1n) is 4.51. The van der Waals surface area contributed by atoms with Crippen molar-refractivity contribution in [1.82, 2.24) is 5.32 Å². The molecular weight excluding hydrogens is 166 g/mol. The van der Waals surface area contributed by atoms with E-state index in [2.05, 4.69) is 11.9 Å². The molecule has 0 fully saturated rings. The predicted octanol–water partition coefficient (Wildman–Crippen LogP) is 0.736. The number of hydrogen-bond donors (Lipinski definition) is 2. The van der Waals surface area contributed by atoms with Gasteiger partial charge in [0.1, 0.15) is 5.78 Å². The van der Waals surface area contributed by atoms with Gasteiger partial charge in [0.2, 0.25) is 0 Å². The second-order valence-electron chi connectivity index (χ2n) is 3.30. The van der Waals surface area contributed by atoms with Crippen LogP contribution in [-0.4, -0.2) is 30.1 Å². The second-order valence-corrected chi connectivity index (χ2v) is 3.30. The van der Waals surface area contributed by atoms with Crippen molar-refractivity contribution in [3.63, 3.8) is 0 Å². The molecule has 0 aliphatic rings. The summed E-state index contributed by atoms with van der Waals surface area (Å²) in [5.41, 5.74) is 0. The molecule has 0 aliphatic heterocycles.